The van der Waals surface area contributed by atoms with Crippen LogP contribution in [0.1, 0.15) is 37.4 Å². The number of hydrogen-bond acceptors (Lipinski definition) is 6. The first-order valence-corrected chi connectivity index (χ1v) is 6.58. The molecule has 0 amide bonds. The van der Waals surface area contributed by atoms with Crippen LogP contribution in [0.25, 0.3) is 0 Å². The summed E-state index contributed by atoms with van der Waals surface area (Å²) in [4.78, 5) is 4.40. The van der Waals surface area contributed by atoms with Crippen molar-refractivity contribution in [1.29, 1.82) is 0 Å². The second kappa shape index (κ2) is 4.95. The summed E-state index contributed by atoms with van der Waals surface area (Å²) < 4.78 is 16.2. The Hall–Kier alpha value is -0.980. The summed E-state index contributed by atoms with van der Waals surface area (Å²) in [6.07, 6.45) is 5.09. The first-order valence-electron chi connectivity index (χ1n) is 6.58. The van der Waals surface area contributed by atoms with E-state index in [2.05, 4.69) is 10.1 Å². The molecule has 2 atom stereocenters. The first-order chi connectivity index (χ1) is 8.76. The van der Waals surface area contributed by atoms with E-state index in [1.807, 2.05) is 0 Å². The molecule has 2 saturated heterocycles. The van der Waals surface area contributed by atoms with E-state index in [1.54, 1.807) is 0 Å². The van der Waals surface area contributed by atoms with Gasteiger partial charge in [0.2, 0.25) is 5.89 Å². The van der Waals surface area contributed by atoms with Gasteiger partial charge in [0, 0.05) is 19.6 Å². The zero-order valence-electron chi connectivity index (χ0n) is 10.4. The molecule has 3 heterocycles. The molecule has 2 aliphatic rings. The van der Waals surface area contributed by atoms with Gasteiger partial charge in [0.25, 0.3) is 0 Å². The Balaban J connectivity index is 1.65. The zero-order chi connectivity index (χ0) is 12.4. The Labute approximate surface area is 106 Å². The van der Waals surface area contributed by atoms with Crippen LogP contribution in [-0.4, -0.2) is 36.1 Å². The van der Waals surface area contributed by atoms with Crippen molar-refractivity contribution in [2.75, 3.05) is 19.8 Å². The quantitative estimate of drug-likeness (QED) is 0.856. The fraction of sp³-hybridized carbons (Fsp3) is 0.833. The maximum Gasteiger partial charge on any atom is 0.249 e. The van der Waals surface area contributed by atoms with E-state index in [0.717, 1.165) is 25.9 Å². The van der Waals surface area contributed by atoms with Gasteiger partial charge in [-0.05, 0) is 25.7 Å². The zero-order valence-corrected chi connectivity index (χ0v) is 10.4. The molecule has 100 valence electrons. The average molecular weight is 253 g/mol. The van der Waals surface area contributed by atoms with Gasteiger partial charge in [-0.2, -0.15) is 4.98 Å². The smallest absolute Gasteiger partial charge is 0.249 e. The Morgan fingerprint density at radius 3 is 3.00 bits per heavy atom. The molecule has 2 N–H and O–H groups in total. The summed E-state index contributed by atoms with van der Waals surface area (Å²) in [7, 11) is 0. The number of aromatic nitrogens is 2. The van der Waals surface area contributed by atoms with Crippen LogP contribution in [0.4, 0.5) is 0 Å². The Bertz CT molecular complexity index is 395. The topological polar surface area (TPSA) is 83.4 Å². The van der Waals surface area contributed by atoms with Crippen molar-refractivity contribution in [3.63, 3.8) is 0 Å². The molecule has 0 bridgehead atoms. The minimum Gasteiger partial charge on any atom is -0.379 e. The van der Waals surface area contributed by atoms with Crippen LogP contribution in [-0.2, 0) is 21.4 Å². The van der Waals surface area contributed by atoms with Crippen molar-refractivity contribution >= 4 is 0 Å². The number of hydrogen-bond donors (Lipinski definition) is 1. The van der Waals surface area contributed by atoms with Crippen molar-refractivity contribution < 1.29 is 14.0 Å². The summed E-state index contributed by atoms with van der Waals surface area (Å²) in [5, 5.41) is 4.00. The third-order valence-electron chi connectivity index (χ3n) is 3.63. The second-order valence-corrected chi connectivity index (χ2v) is 5.17. The van der Waals surface area contributed by atoms with Crippen LogP contribution < -0.4 is 5.73 Å². The normalized spacial score (nSPS) is 32.8. The van der Waals surface area contributed by atoms with E-state index < -0.39 is 5.54 Å². The number of rotatable bonds is 3. The van der Waals surface area contributed by atoms with Gasteiger partial charge in [0.05, 0.1) is 12.7 Å². The lowest BCUT2D eigenvalue weighted by atomic mass is 10.0. The lowest BCUT2D eigenvalue weighted by Crippen LogP contribution is -2.37. The van der Waals surface area contributed by atoms with Crippen molar-refractivity contribution in [1.82, 2.24) is 10.1 Å². The van der Waals surface area contributed by atoms with Crippen LogP contribution in [0.5, 0.6) is 0 Å². The second-order valence-electron chi connectivity index (χ2n) is 5.17. The lowest BCUT2D eigenvalue weighted by Gasteiger charge is -2.21. The molecule has 2 unspecified atom stereocenters. The van der Waals surface area contributed by atoms with Gasteiger partial charge >= 0.3 is 0 Å². The predicted octanol–water partition coefficient (Wildman–Crippen LogP) is 0.755. The van der Waals surface area contributed by atoms with Crippen molar-refractivity contribution in [3.8, 4) is 0 Å². The molecule has 0 saturated carbocycles. The van der Waals surface area contributed by atoms with Crippen molar-refractivity contribution in [2.24, 2.45) is 5.73 Å². The highest BCUT2D eigenvalue weighted by molar-refractivity contribution is 5.05. The highest BCUT2D eigenvalue weighted by Crippen LogP contribution is 2.26. The minimum absolute atomic E-state index is 0.220. The number of ether oxygens (including phenoxy) is 2. The summed E-state index contributed by atoms with van der Waals surface area (Å²) in [6, 6.07) is 0. The van der Waals surface area contributed by atoms with E-state index in [0.29, 0.717) is 31.3 Å². The molecule has 0 radical (unpaired) electrons. The van der Waals surface area contributed by atoms with Crippen LogP contribution in [0.2, 0.25) is 0 Å². The molecule has 18 heavy (non-hydrogen) atoms. The summed E-state index contributed by atoms with van der Waals surface area (Å²) in [6.45, 7) is 1.94. The number of nitrogens with zero attached hydrogens (tertiary/aromatic N) is 2. The van der Waals surface area contributed by atoms with E-state index in [1.165, 1.54) is 6.42 Å². The third kappa shape index (κ3) is 2.41. The number of nitrogens with two attached hydrogens (primary N) is 1. The maximum atomic E-state index is 6.17. The van der Waals surface area contributed by atoms with E-state index in [9.17, 15) is 0 Å². The largest absolute Gasteiger partial charge is 0.379 e. The molecule has 2 fully saturated rings. The van der Waals surface area contributed by atoms with Gasteiger partial charge in [-0.15, -0.1) is 0 Å². The molecule has 3 rings (SSSR count). The van der Waals surface area contributed by atoms with Crippen LogP contribution >= 0.6 is 0 Å². The third-order valence-corrected chi connectivity index (χ3v) is 3.63. The lowest BCUT2D eigenvalue weighted by molar-refractivity contribution is 0.0153. The Morgan fingerprint density at radius 1 is 1.33 bits per heavy atom. The summed E-state index contributed by atoms with van der Waals surface area (Å²) >= 11 is 0. The highest BCUT2D eigenvalue weighted by atomic mass is 16.5. The monoisotopic (exact) mass is 253 g/mol. The van der Waals surface area contributed by atoms with Crippen LogP contribution in [0.15, 0.2) is 4.52 Å². The molecule has 1 aromatic rings. The molecule has 6 nitrogen and oxygen atoms in total. The molecule has 1 aromatic heterocycles. The van der Waals surface area contributed by atoms with E-state index in [-0.39, 0.29) is 6.10 Å². The fourth-order valence-electron chi connectivity index (χ4n) is 2.46. The van der Waals surface area contributed by atoms with Gasteiger partial charge in [0.15, 0.2) is 5.82 Å². The Kier molecular flexibility index (Phi) is 3.32. The molecule has 6 heteroatoms. The molecule has 2 aliphatic heterocycles. The fourth-order valence-corrected chi connectivity index (χ4v) is 2.46. The minimum atomic E-state index is -0.599. The summed E-state index contributed by atoms with van der Waals surface area (Å²) in [5.74, 6) is 1.18. The average Bonchev–Trinajstić information content (AvgIpc) is 3.01. The molecular formula is C12H19N3O3. The standard InChI is InChI=1S/C12H19N3O3/c13-12(4-6-16-8-12)11-14-10(15-18-11)7-9-3-1-2-5-17-9/h9H,1-8,13H2. The van der Waals surface area contributed by atoms with Crippen molar-refractivity contribution in [3.05, 3.63) is 11.7 Å². The van der Waals surface area contributed by atoms with Gasteiger partial charge in [-0.3, -0.25) is 0 Å². The van der Waals surface area contributed by atoms with Gasteiger partial charge in [-0.25, -0.2) is 0 Å². The van der Waals surface area contributed by atoms with Crippen LogP contribution in [0, 0.1) is 0 Å². The summed E-state index contributed by atoms with van der Waals surface area (Å²) in [5.41, 5.74) is 5.58. The van der Waals surface area contributed by atoms with E-state index in [4.69, 9.17) is 19.7 Å². The van der Waals surface area contributed by atoms with Crippen molar-refractivity contribution in [2.45, 2.75) is 43.7 Å². The van der Waals surface area contributed by atoms with Gasteiger partial charge in [0.1, 0.15) is 5.54 Å². The van der Waals surface area contributed by atoms with Crippen LogP contribution in [0.3, 0.4) is 0 Å². The Morgan fingerprint density at radius 2 is 2.28 bits per heavy atom. The predicted molar refractivity (Wildman–Crippen MR) is 62.9 cm³/mol. The molecule has 0 aliphatic carbocycles. The van der Waals surface area contributed by atoms with E-state index >= 15 is 0 Å². The first kappa shape index (κ1) is 12.1. The highest BCUT2D eigenvalue weighted by Gasteiger charge is 2.38. The van der Waals surface area contributed by atoms with Gasteiger partial charge in [-0.1, -0.05) is 5.16 Å². The molecular weight excluding hydrogens is 234 g/mol. The molecule has 0 aromatic carbocycles. The van der Waals surface area contributed by atoms with Gasteiger partial charge < -0.3 is 19.7 Å². The molecule has 0 spiro atoms. The SMILES string of the molecule is NC1(c2nc(CC3CCCCO3)no2)CCOC1. The maximum absolute atomic E-state index is 6.17.